The molecule has 0 bridgehead atoms. The summed E-state index contributed by atoms with van der Waals surface area (Å²) < 4.78 is 0. The molecule has 144 valence electrons. The Morgan fingerprint density at radius 2 is 0.640 bits per heavy atom. The largest absolute Gasteiger partial charge is 0.0887 e. The first-order valence-corrected chi connectivity index (χ1v) is 13.2. The van der Waals surface area contributed by atoms with E-state index in [1.807, 2.05) is 0 Å². The van der Waals surface area contributed by atoms with Crippen LogP contribution in [0.3, 0.4) is 0 Å². The molecule has 0 aromatic heterocycles. The van der Waals surface area contributed by atoms with Crippen molar-refractivity contribution in [3.05, 3.63) is 48.6 Å². The first kappa shape index (κ1) is 24.4. The smallest absolute Gasteiger partial charge is 0.0629 e. The van der Waals surface area contributed by atoms with Gasteiger partial charge in [0.25, 0.3) is 0 Å². The first-order chi connectivity index (χ1) is 12.2. The molecule has 1 heteroatoms. The zero-order chi connectivity index (χ0) is 18.6. The third kappa shape index (κ3) is 14.3. The molecule has 0 radical (unpaired) electrons. The van der Waals surface area contributed by atoms with Crippen molar-refractivity contribution >= 4 is 7.26 Å². The van der Waals surface area contributed by atoms with Gasteiger partial charge in [0.05, 0.1) is 24.6 Å². The van der Waals surface area contributed by atoms with Gasteiger partial charge in [-0.15, -0.1) is 0 Å². The van der Waals surface area contributed by atoms with Gasteiger partial charge in [-0.3, -0.25) is 0 Å². The summed E-state index contributed by atoms with van der Waals surface area (Å²) in [5.74, 6) is 0. The minimum absolute atomic E-state index is 0.862. The fourth-order valence-corrected chi connectivity index (χ4v) is 7.33. The van der Waals surface area contributed by atoms with Crippen molar-refractivity contribution < 1.29 is 0 Å². The monoisotopic (exact) mass is 363 g/mol. The van der Waals surface area contributed by atoms with Crippen LogP contribution in [-0.2, 0) is 0 Å². The molecule has 0 saturated heterocycles. The summed E-state index contributed by atoms with van der Waals surface area (Å²) in [6.45, 7) is 8.94. The van der Waals surface area contributed by atoms with Gasteiger partial charge >= 0.3 is 0 Å². The van der Waals surface area contributed by atoms with E-state index in [4.69, 9.17) is 0 Å². The molecule has 0 saturated carbocycles. The van der Waals surface area contributed by atoms with Crippen LogP contribution in [0.5, 0.6) is 0 Å². The maximum absolute atomic E-state index is 2.43. The molecule has 0 aliphatic heterocycles. The topological polar surface area (TPSA) is 0 Å². The van der Waals surface area contributed by atoms with Gasteiger partial charge < -0.3 is 0 Å². The molecular weight excluding hydrogens is 319 g/mol. The van der Waals surface area contributed by atoms with Gasteiger partial charge in [-0.05, 0) is 51.4 Å². The van der Waals surface area contributed by atoms with Crippen LogP contribution in [0, 0.1) is 0 Å². The second-order valence-electron chi connectivity index (χ2n) is 6.91. The molecule has 0 fully saturated rings. The van der Waals surface area contributed by atoms with Crippen molar-refractivity contribution in [1.82, 2.24) is 0 Å². The summed E-state index contributed by atoms with van der Waals surface area (Å²) in [5.41, 5.74) is 0. The third-order valence-corrected chi connectivity index (χ3v) is 9.52. The predicted octanol–water partition coefficient (Wildman–Crippen LogP) is 8.43. The Bertz CT molecular complexity index is 309. The van der Waals surface area contributed by atoms with E-state index in [9.17, 15) is 0 Å². The van der Waals surface area contributed by atoms with Crippen LogP contribution in [0.4, 0.5) is 0 Å². The maximum Gasteiger partial charge on any atom is 0.0629 e. The lowest BCUT2D eigenvalue weighted by Gasteiger charge is -2.27. The fourth-order valence-electron chi connectivity index (χ4n) is 3.20. The molecule has 25 heavy (non-hydrogen) atoms. The molecule has 0 amide bonds. The summed E-state index contributed by atoms with van der Waals surface area (Å²) in [5, 5.41) is 0. The second kappa shape index (κ2) is 18.2. The number of hydrogen-bond acceptors (Lipinski definition) is 0. The van der Waals surface area contributed by atoms with Gasteiger partial charge in [0, 0.05) is 7.26 Å². The molecule has 0 heterocycles. The molecule has 0 unspecified atom stereocenters. The predicted molar refractivity (Wildman–Crippen MR) is 123 cm³/mol. The Morgan fingerprint density at radius 3 is 0.840 bits per heavy atom. The standard InChI is InChI=1S/C24H44P/c1-5-9-13-17-21-25(22-18-14-10-6-2,23-19-15-11-7-3)24-20-16-12-8-4/h9-16H,5-8,17-24H2,1-4H3/q+1/b13-9+,14-10+,15-11+,16-12+. The van der Waals surface area contributed by atoms with Crippen LogP contribution < -0.4 is 0 Å². The highest BCUT2D eigenvalue weighted by atomic mass is 31.2. The van der Waals surface area contributed by atoms with Crippen LogP contribution >= 0.6 is 7.26 Å². The summed E-state index contributed by atoms with van der Waals surface area (Å²) in [6.07, 6.45) is 34.7. The maximum atomic E-state index is 2.43. The van der Waals surface area contributed by atoms with Crippen molar-refractivity contribution in [2.24, 2.45) is 0 Å². The molecular formula is C24H44P+. The fraction of sp³-hybridized carbons (Fsp3) is 0.667. The Hall–Kier alpha value is -0.610. The van der Waals surface area contributed by atoms with Gasteiger partial charge in [0.1, 0.15) is 0 Å². The first-order valence-electron chi connectivity index (χ1n) is 10.7. The average molecular weight is 364 g/mol. The molecule has 0 aromatic carbocycles. The molecule has 0 atom stereocenters. The van der Waals surface area contributed by atoms with E-state index in [1.165, 1.54) is 76.0 Å². The molecule has 0 aliphatic carbocycles. The van der Waals surface area contributed by atoms with Gasteiger partial charge in [-0.25, -0.2) is 0 Å². The zero-order valence-electron chi connectivity index (χ0n) is 17.6. The van der Waals surface area contributed by atoms with E-state index < -0.39 is 7.26 Å². The van der Waals surface area contributed by atoms with E-state index in [-0.39, 0.29) is 0 Å². The summed E-state index contributed by atoms with van der Waals surface area (Å²) in [4.78, 5) is 0. The van der Waals surface area contributed by atoms with Crippen LogP contribution in [-0.4, -0.2) is 24.6 Å². The van der Waals surface area contributed by atoms with Crippen molar-refractivity contribution in [3.8, 4) is 0 Å². The normalized spacial score (nSPS) is 13.3. The van der Waals surface area contributed by atoms with Gasteiger partial charge in [0.2, 0.25) is 0 Å². The van der Waals surface area contributed by atoms with Crippen LogP contribution in [0.2, 0.25) is 0 Å². The molecule has 0 aromatic rings. The van der Waals surface area contributed by atoms with Crippen molar-refractivity contribution in [1.29, 1.82) is 0 Å². The Kier molecular flexibility index (Phi) is 17.7. The summed E-state index contributed by atoms with van der Waals surface area (Å²) >= 11 is 0. The van der Waals surface area contributed by atoms with E-state index in [0.717, 1.165) is 0 Å². The van der Waals surface area contributed by atoms with Crippen LogP contribution in [0.1, 0.15) is 79.1 Å². The quantitative estimate of drug-likeness (QED) is 0.191. The Balaban J connectivity index is 4.97. The van der Waals surface area contributed by atoms with Gasteiger partial charge in [-0.2, -0.15) is 0 Å². The number of rotatable bonds is 16. The molecule has 0 aliphatic rings. The number of allylic oxidation sites excluding steroid dienone is 8. The molecule has 0 N–H and O–H groups in total. The summed E-state index contributed by atoms with van der Waals surface area (Å²) in [7, 11) is -0.862. The van der Waals surface area contributed by atoms with E-state index in [2.05, 4.69) is 76.3 Å². The zero-order valence-corrected chi connectivity index (χ0v) is 18.4. The SMILES string of the molecule is CC/C=C/CC[P+](CC/C=C/CC)(CC/C=C/CC)CC/C=C/CC. The third-order valence-electron chi connectivity index (χ3n) is 4.69. The Morgan fingerprint density at radius 1 is 0.400 bits per heavy atom. The highest BCUT2D eigenvalue weighted by Crippen LogP contribution is 2.60. The van der Waals surface area contributed by atoms with Gasteiger partial charge in [-0.1, -0.05) is 76.3 Å². The van der Waals surface area contributed by atoms with Crippen LogP contribution in [0.25, 0.3) is 0 Å². The minimum atomic E-state index is -0.862. The molecule has 0 nitrogen and oxygen atoms in total. The van der Waals surface area contributed by atoms with E-state index in [1.54, 1.807) is 0 Å². The molecule has 0 spiro atoms. The Labute approximate surface area is 159 Å². The van der Waals surface area contributed by atoms with Crippen molar-refractivity contribution in [3.63, 3.8) is 0 Å². The van der Waals surface area contributed by atoms with Gasteiger partial charge in [0.15, 0.2) is 0 Å². The average Bonchev–Trinajstić information content (AvgIpc) is 2.63. The summed E-state index contributed by atoms with van der Waals surface area (Å²) in [6, 6.07) is 0. The van der Waals surface area contributed by atoms with Crippen molar-refractivity contribution in [2.75, 3.05) is 24.6 Å². The number of hydrogen-bond donors (Lipinski definition) is 0. The highest BCUT2D eigenvalue weighted by Gasteiger charge is 2.34. The second-order valence-corrected chi connectivity index (χ2v) is 11.4. The highest BCUT2D eigenvalue weighted by molar-refractivity contribution is 7.75. The van der Waals surface area contributed by atoms with Crippen molar-refractivity contribution in [2.45, 2.75) is 79.1 Å². The minimum Gasteiger partial charge on any atom is -0.0887 e. The lowest BCUT2D eigenvalue weighted by Crippen LogP contribution is -2.11. The van der Waals surface area contributed by atoms with Crippen LogP contribution in [0.15, 0.2) is 48.6 Å². The van der Waals surface area contributed by atoms with E-state index in [0.29, 0.717) is 0 Å². The lowest BCUT2D eigenvalue weighted by atomic mass is 10.3. The lowest BCUT2D eigenvalue weighted by molar-refractivity contribution is 1.04. The van der Waals surface area contributed by atoms with E-state index >= 15 is 0 Å². The molecule has 0 rings (SSSR count).